The molecule has 1 aliphatic rings. The van der Waals surface area contributed by atoms with Crippen molar-refractivity contribution < 1.29 is 15.2 Å². The maximum atomic E-state index is 12.3. The molecule has 1 aromatic heterocycles. The van der Waals surface area contributed by atoms with E-state index in [1.807, 2.05) is 0 Å². The second-order valence-corrected chi connectivity index (χ2v) is 9.17. The van der Waals surface area contributed by atoms with E-state index in [4.69, 9.17) is 21.7 Å². The number of nitrogens with one attached hydrogen (secondary N) is 1. The van der Waals surface area contributed by atoms with Gasteiger partial charge in [-0.2, -0.15) is 0 Å². The van der Waals surface area contributed by atoms with Crippen molar-refractivity contribution in [1.82, 2.24) is 14.2 Å². The Labute approximate surface area is 180 Å². The van der Waals surface area contributed by atoms with E-state index in [9.17, 15) is 9.59 Å². The number of aromatic amines is 1. The number of rotatable bonds is 10. The lowest BCUT2D eigenvalue weighted by Crippen LogP contribution is -2.36. The summed E-state index contributed by atoms with van der Waals surface area (Å²) in [5, 5.41) is 0. The monoisotopic (exact) mass is 441 g/mol. The third kappa shape index (κ3) is 5.99. The Morgan fingerprint density at radius 2 is 2.10 bits per heavy atom. The number of aryl methyl sites for hydroxylation is 1. The molecule has 2 rings (SSSR count). The van der Waals surface area contributed by atoms with E-state index >= 15 is 0 Å². The van der Waals surface area contributed by atoms with Crippen LogP contribution in [0.3, 0.4) is 0 Å². The summed E-state index contributed by atoms with van der Waals surface area (Å²) in [5.74, 6) is 0. The fourth-order valence-corrected chi connectivity index (χ4v) is 5.17. The Morgan fingerprint density at radius 1 is 1.43 bits per heavy atom. The minimum Gasteiger partial charge on any atom is -0.352 e. The lowest BCUT2D eigenvalue weighted by atomic mass is 10.1. The number of ether oxygens (including phenoxy) is 1. The summed E-state index contributed by atoms with van der Waals surface area (Å²) in [4.78, 5) is 29.7. The second kappa shape index (κ2) is 11.2. The van der Waals surface area contributed by atoms with Crippen LogP contribution in [0.4, 0.5) is 0 Å². The van der Waals surface area contributed by atoms with Crippen LogP contribution < -0.4 is 11.2 Å². The van der Waals surface area contributed by atoms with Crippen LogP contribution in [0.5, 0.6) is 0 Å². The van der Waals surface area contributed by atoms with Crippen LogP contribution in [0.2, 0.25) is 0 Å². The standard InChI is InChI=1S/C20H33N4O5P/c1-8-16-17(11-18(28-16)23-12-15(6)19(25)22-20(23)26)29-30(27-10-9-21-7)24(13(2)3)14(4)5/h12-14,16-18H,8-11H2,1-6H3,(H,22,25,26)/t16-,17+,18-,30?/m1/s1/i8D/t8-,16+,17-,18+,30?/m0. The molecule has 0 amide bonds. The average molecular weight is 441 g/mol. The van der Waals surface area contributed by atoms with Crippen LogP contribution in [0.25, 0.3) is 4.85 Å². The van der Waals surface area contributed by atoms with Gasteiger partial charge in [0.15, 0.2) is 0 Å². The van der Waals surface area contributed by atoms with E-state index in [1.54, 1.807) is 13.8 Å². The first-order valence-corrected chi connectivity index (χ1v) is 11.3. The van der Waals surface area contributed by atoms with Crippen molar-refractivity contribution in [3.8, 4) is 0 Å². The Balaban J connectivity index is 2.30. The molecule has 0 aliphatic carbocycles. The molecule has 1 aromatic rings. The van der Waals surface area contributed by atoms with Gasteiger partial charge < -0.3 is 18.6 Å². The zero-order valence-electron chi connectivity index (χ0n) is 19.5. The van der Waals surface area contributed by atoms with E-state index in [2.05, 4.69) is 42.2 Å². The molecule has 30 heavy (non-hydrogen) atoms. The van der Waals surface area contributed by atoms with E-state index < -0.39 is 44.6 Å². The van der Waals surface area contributed by atoms with Gasteiger partial charge in [0.25, 0.3) is 14.1 Å². The van der Waals surface area contributed by atoms with Crippen molar-refractivity contribution >= 4 is 8.53 Å². The molecule has 0 bridgehead atoms. The fourth-order valence-electron chi connectivity index (χ4n) is 3.44. The van der Waals surface area contributed by atoms with E-state index in [-0.39, 0.29) is 25.2 Å². The van der Waals surface area contributed by atoms with Crippen molar-refractivity contribution in [2.75, 3.05) is 13.2 Å². The van der Waals surface area contributed by atoms with E-state index in [0.29, 0.717) is 12.0 Å². The molecule has 1 N–H and O–H groups in total. The van der Waals surface area contributed by atoms with Gasteiger partial charge in [0.1, 0.15) is 12.8 Å². The highest BCUT2D eigenvalue weighted by molar-refractivity contribution is 7.44. The molecule has 1 fully saturated rings. The van der Waals surface area contributed by atoms with Gasteiger partial charge in [-0.3, -0.25) is 14.3 Å². The third-order valence-electron chi connectivity index (χ3n) is 4.78. The molecular weight excluding hydrogens is 407 g/mol. The Morgan fingerprint density at radius 3 is 2.67 bits per heavy atom. The molecule has 168 valence electrons. The van der Waals surface area contributed by atoms with Gasteiger partial charge in [0, 0.05) is 31.6 Å². The molecule has 2 heterocycles. The summed E-state index contributed by atoms with van der Waals surface area (Å²) in [7, 11) is -1.50. The Hall–Kier alpha value is -1.56. The second-order valence-electron chi connectivity index (χ2n) is 7.77. The SMILES string of the molecule is [2H][C@@H](C)[C@H]1O[C@@H](n2cc(C)c(=O)[nH]c2=O)C[C@@H]1OP(OCC[N+]#[C-])N(C(C)C)C(C)C. The number of hydrogen-bond acceptors (Lipinski definition) is 6. The van der Waals surface area contributed by atoms with Gasteiger partial charge in [-0.05, 0) is 41.0 Å². The van der Waals surface area contributed by atoms with Crippen molar-refractivity contribution in [2.45, 2.75) is 84.9 Å². The van der Waals surface area contributed by atoms with Crippen LogP contribution in [-0.2, 0) is 13.8 Å². The van der Waals surface area contributed by atoms with Crippen LogP contribution in [0.15, 0.2) is 15.8 Å². The Bertz CT molecular complexity index is 874. The maximum Gasteiger partial charge on any atom is 0.330 e. The first kappa shape index (κ1) is 23.1. The summed E-state index contributed by atoms with van der Waals surface area (Å²) >= 11 is 0. The molecule has 1 saturated heterocycles. The lowest BCUT2D eigenvalue weighted by Gasteiger charge is -2.37. The number of hydrogen-bond donors (Lipinski definition) is 1. The van der Waals surface area contributed by atoms with E-state index in [1.165, 1.54) is 10.8 Å². The molecule has 1 unspecified atom stereocenters. The zero-order valence-corrected chi connectivity index (χ0v) is 19.4. The first-order chi connectivity index (χ1) is 14.6. The summed E-state index contributed by atoms with van der Waals surface area (Å²) in [6, 6.07) is 0.294. The highest BCUT2D eigenvalue weighted by Gasteiger charge is 2.40. The topological polar surface area (TPSA) is 90.2 Å². The van der Waals surface area contributed by atoms with Gasteiger partial charge in [0.05, 0.1) is 12.2 Å². The highest BCUT2D eigenvalue weighted by atomic mass is 31.2. The lowest BCUT2D eigenvalue weighted by molar-refractivity contribution is -0.0201. The van der Waals surface area contributed by atoms with Gasteiger partial charge in [0.2, 0.25) is 6.54 Å². The van der Waals surface area contributed by atoms with Crippen LogP contribution in [0.1, 0.15) is 60.6 Å². The van der Waals surface area contributed by atoms with E-state index in [0.717, 1.165) is 0 Å². The molecular formula is C20H33N4O5P. The quantitative estimate of drug-likeness (QED) is 0.341. The van der Waals surface area contributed by atoms with Crippen molar-refractivity contribution in [3.05, 3.63) is 44.0 Å². The minimum absolute atomic E-state index is 0.147. The van der Waals surface area contributed by atoms with Gasteiger partial charge >= 0.3 is 5.69 Å². The highest BCUT2D eigenvalue weighted by Crippen LogP contribution is 2.50. The molecule has 5 atom stereocenters. The maximum absolute atomic E-state index is 12.3. The molecule has 0 saturated carbocycles. The number of nitrogens with zero attached hydrogens (tertiary/aromatic N) is 3. The first-order valence-electron chi connectivity index (χ1n) is 10.8. The normalized spacial score (nSPS) is 24.3. The third-order valence-corrected chi connectivity index (χ3v) is 6.93. The molecule has 0 spiro atoms. The molecule has 0 aromatic carbocycles. The van der Waals surface area contributed by atoms with Crippen LogP contribution >= 0.6 is 8.53 Å². The van der Waals surface area contributed by atoms with Gasteiger partial charge in [-0.15, -0.1) is 0 Å². The average Bonchev–Trinajstić information content (AvgIpc) is 3.08. The number of H-pyrrole nitrogens is 1. The van der Waals surface area contributed by atoms with Gasteiger partial charge in [-0.1, -0.05) is 6.92 Å². The van der Waals surface area contributed by atoms with Crippen LogP contribution in [0, 0.1) is 13.5 Å². The van der Waals surface area contributed by atoms with Crippen molar-refractivity contribution in [3.63, 3.8) is 0 Å². The molecule has 0 radical (unpaired) electrons. The number of aromatic nitrogens is 2. The van der Waals surface area contributed by atoms with Crippen molar-refractivity contribution in [1.29, 1.82) is 0 Å². The zero-order chi connectivity index (χ0) is 23.3. The Kier molecular flexibility index (Phi) is 8.61. The predicted octanol–water partition coefficient (Wildman–Crippen LogP) is 3.21. The fraction of sp³-hybridized carbons (Fsp3) is 0.750. The minimum atomic E-state index is -1.50. The summed E-state index contributed by atoms with van der Waals surface area (Å²) in [6.07, 6.45) is -0.480. The predicted molar refractivity (Wildman–Crippen MR) is 116 cm³/mol. The summed E-state index contributed by atoms with van der Waals surface area (Å²) < 4.78 is 30.1. The summed E-state index contributed by atoms with van der Waals surface area (Å²) in [5.41, 5.74) is -0.587. The molecule has 1 aliphatic heterocycles. The smallest absolute Gasteiger partial charge is 0.330 e. The van der Waals surface area contributed by atoms with Crippen LogP contribution in [-0.4, -0.2) is 51.7 Å². The largest absolute Gasteiger partial charge is 0.352 e. The molecule has 9 nitrogen and oxygen atoms in total. The van der Waals surface area contributed by atoms with Gasteiger partial charge in [-0.25, -0.2) is 16.0 Å². The van der Waals surface area contributed by atoms with Crippen molar-refractivity contribution in [2.24, 2.45) is 0 Å². The molecule has 10 heteroatoms. The summed E-state index contributed by atoms with van der Waals surface area (Å²) in [6.45, 7) is 19.0.